The summed E-state index contributed by atoms with van der Waals surface area (Å²) in [4.78, 5) is 24.7. The van der Waals surface area contributed by atoms with Gasteiger partial charge in [-0.1, -0.05) is 65.9 Å². The minimum absolute atomic E-state index is 0.0730. The van der Waals surface area contributed by atoms with Crippen molar-refractivity contribution in [2.45, 2.75) is 12.1 Å². The van der Waals surface area contributed by atoms with Gasteiger partial charge in [0.15, 0.2) is 11.0 Å². The van der Waals surface area contributed by atoms with Crippen molar-refractivity contribution >= 4 is 34.9 Å². The van der Waals surface area contributed by atoms with E-state index in [1.165, 1.54) is 23.1 Å². The molecule has 0 spiro atoms. The van der Waals surface area contributed by atoms with Crippen LogP contribution in [-0.2, 0) is 4.79 Å². The fourth-order valence-corrected chi connectivity index (χ4v) is 4.20. The molecule has 2 N–H and O–H groups in total. The fourth-order valence-electron chi connectivity index (χ4n) is 2.82. The summed E-state index contributed by atoms with van der Waals surface area (Å²) in [6, 6.07) is 21.3. The fraction of sp³-hybridized carbons (Fsp3) is 0.0909. The van der Waals surface area contributed by atoms with Gasteiger partial charge in [-0.05, 0) is 30.5 Å². The molecule has 0 radical (unpaired) electrons. The van der Waals surface area contributed by atoms with E-state index in [0.29, 0.717) is 15.9 Å². The molecule has 156 valence electrons. The van der Waals surface area contributed by atoms with Gasteiger partial charge in [-0.25, -0.2) is 0 Å². The Labute approximate surface area is 187 Å². The van der Waals surface area contributed by atoms with Crippen LogP contribution in [0.15, 0.2) is 77.3 Å². The summed E-state index contributed by atoms with van der Waals surface area (Å²) in [6.45, 7) is 2.03. The molecule has 9 heteroatoms. The standard InChI is InChI=1S/C22H19N5O2S2/c1-15-9-11-16(12-10-15)20-24-26-22(27(20)17-6-3-2-4-7-17)31-14-19(28)23-25-21(29)18-8-5-13-30-18/h2-13H,14H2,1H3,(H,23,28)(H,25,29). The molecule has 4 rings (SSSR count). The Bertz CT molecular complexity index is 1170. The van der Waals surface area contributed by atoms with Gasteiger partial charge in [0.1, 0.15) is 0 Å². The maximum Gasteiger partial charge on any atom is 0.279 e. The smallest absolute Gasteiger partial charge is 0.272 e. The predicted molar refractivity (Wildman–Crippen MR) is 122 cm³/mol. The molecule has 4 aromatic rings. The molecular weight excluding hydrogens is 430 g/mol. The quantitative estimate of drug-likeness (QED) is 0.345. The number of aromatic nitrogens is 3. The third-order valence-corrected chi connectivity index (χ3v) is 6.15. The van der Waals surface area contributed by atoms with Crippen LogP contribution in [0.5, 0.6) is 0 Å². The van der Waals surface area contributed by atoms with E-state index in [1.807, 2.05) is 66.1 Å². The number of thioether (sulfide) groups is 1. The number of rotatable bonds is 6. The Balaban J connectivity index is 1.49. The number of carbonyl (C=O) groups excluding carboxylic acids is 2. The molecule has 31 heavy (non-hydrogen) atoms. The lowest BCUT2D eigenvalue weighted by molar-refractivity contribution is -0.119. The number of carbonyl (C=O) groups is 2. The van der Waals surface area contributed by atoms with Crippen LogP contribution >= 0.6 is 23.1 Å². The van der Waals surface area contributed by atoms with E-state index in [2.05, 4.69) is 21.0 Å². The molecule has 0 aliphatic carbocycles. The molecule has 0 aliphatic rings. The molecule has 7 nitrogen and oxygen atoms in total. The van der Waals surface area contributed by atoms with Crippen molar-refractivity contribution in [3.05, 3.63) is 82.6 Å². The largest absolute Gasteiger partial charge is 0.279 e. The summed E-state index contributed by atoms with van der Waals surface area (Å²) in [7, 11) is 0. The van der Waals surface area contributed by atoms with E-state index in [4.69, 9.17) is 0 Å². The summed E-state index contributed by atoms with van der Waals surface area (Å²) >= 11 is 2.55. The van der Waals surface area contributed by atoms with Crippen molar-refractivity contribution in [2.24, 2.45) is 0 Å². The molecule has 2 aromatic carbocycles. The van der Waals surface area contributed by atoms with Crippen LogP contribution in [0.3, 0.4) is 0 Å². The highest BCUT2D eigenvalue weighted by molar-refractivity contribution is 7.99. The van der Waals surface area contributed by atoms with Gasteiger partial charge in [0.2, 0.25) is 5.91 Å². The van der Waals surface area contributed by atoms with Crippen LogP contribution in [-0.4, -0.2) is 32.3 Å². The number of amides is 2. The van der Waals surface area contributed by atoms with Crippen LogP contribution in [0, 0.1) is 6.92 Å². The number of hydrogen-bond donors (Lipinski definition) is 2. The first-order chi connectivity index (χ1) is 15.1. The number of thiophene rings is 1. The first kappa shape index (κ1) is 20.8. The topological polar surface area (TPSA) is 88.9 Å². The SMILES string of the molecule is Cc1ccc(-c2nnc(SCC(=O)NNC(=O)c3cccs3)n2-c2ccccc2)cc1. The molecule has 0 atom stereocenters. The molecule has 2 amide bonds. The van der Waals surface area contributed by atoms with Crippen molar-refractivity contribution < 1.29 is 9.59 Å². The number of aryl methyl sites for hydroxylation is 1. The molecule has 0 aliphatic heterocycles. The van der Waals surface area contributed by atoms with Crippen LogP contribution in [0.2, 0.25) is 0 Å². The van der Waals surface area contributed by atoms with E-state index in [0.717, 1.165) is 16.8 Å². The summed E-state index contributed by atoms with van der Waals surface area (Å²) in [5, 5.41) is 11.1. The first-order valence-corrected chi connectivity index (χ1v) is 11.3. The van der Waals surface area contributed by atoms with Crippen molar-refractivity contribution in [2.75, 3.05) is 5.75 Å². The zero-order chi connectivity index (χ0) is 21.6. The molecule has 2 heterocycles. The van der Waals surface area contributed by atoms with Gasteiger partial charge in [-0.15, -0.1) is 21.5 Å². The molecular formula is C22H19N5O2S2. The average Bonchev–Trinajstić information content (AvgIpc) is 3.47. The third kappa shape index (κ3) is 5.01. The molecule has 0 unspecified atom stereocenters. The van der Waals surface area contributed by atoms with E-state index in [-0.39, 0.29) is 17.6 Å². The second-order valence-electron chi connectivity index (χ2n) is 6.61. The summed E-state index contributed by atoms with van der Waals surface area (Å²) < 4.78 is 1.92. The second kappa shape index (κ2) is 9.59. The minimum atomic E-state index is -0.345. The molecule has 2 aromatic heterocycles. The Morgan fingerprint density at radius 2 is 1.74 bits per heavy atom. The van der Waals surface area contributed by atoms with Gasteiger partial charge < -0.3 is 0 Å². The summed E-state index contributed by atoms with van der Waals surface area (Å²) in [5.41, 5.74) is 7.84. The van der Waals surface area contributed by atoms with Crippen molar-refractivity contribution in [1.29, 1.82) is 0 Å². The number of nitrogens with zero attached hydrogens (tertiary/aromatic N) is 3. The first-order valence-electron chi connectivity index (χ1n) is 9.45. The van der Waals surface area contributed by atoms with Crippen molar-refractivity contribution in [3.63, 3.8) is 0 Å². The highest BCUT2D eigenvalue weighted by atomic mass is 32.2. The Hall–Kier alpha value is -3.43. The van der Waals surface area contributed by atoms with Gasteiger partial charge in [0, 0.05) is 11.3 Å². The summed E-state index contributed by atoms with van der Waals surface area (Å²) in [6.07, 6.45) is 0. The predicted octanol–water partition coefficient (Wildman–Crippen LogP) is 3.86. The van der Waals surface area contributed by atoms with Gasteiger partial charge in [-0.2, -0.15) is 0 Å². The number of benzene rings is 2. The second-order valence-corrected chi connectivity index (χ2v) is 8.50. The maximum absolute atomic E-state index is 12.3. The number of nitrogens with one attached hydrogen (secondary N) is 2. The van der Waals surface area contributed by atoms with Crippen molar-refractivity contribution in [1.82, 2.24) is 25.6 Å². The average molecular weight is 450 g/mol. The zero-order valence-corrected chi connectivity index (χ0v) is 18.2. The Morgan fingerprint density at radius 3 is 2.45 bits per heavy atom. The lowest BCUT2D eigenvalue weighted by atomic mass is 10.1. The minimum Gasteiger partial charge on any atom is -0.272 e. The Morgan fingerprint density at radius 1 is 0.968 bits per heavy atom. The van der Waals surface area contributed by atoms with Gasteiger partial charge in [-0.3, -0.25) is 25.0 Å². The number of hydrogen-bond acceptors (Lipinski definition) is 6. The maximum atomic E-state index is 12.3. The third-order valence-electron chi connectivity index (χ3n) is 4.35. The molecule has 0 bridgehead atoms. The number of hydrazine groups is 1. The van der Waals surface area contributed by atoms with Gasteiger partial charge >= 0.3 is 0 Å². The molecule has 0 saturated heterocycles. The van der Waals surface area contributed by atoms with E-state index >= 15 is 0 Å². The van der Waals surface area contributed by atoms with Crippen LogP contribution in [0.1, 0.15) is 15.2 Å². The van der Waals surface area contributed by atoms with Gasteiger partial charge in [0.05, 0.1) is 10.6 Å². The van der Waals surface area contributed by atoms with Crippen LogP contribution < -0.4 is 10.9 Å². The van der Waals surface area contributed by atoms with Crippen LogP contribution in [0.4, 0.5) is 0 Å². The van der Waals surface area contributed by atoms with Crippen molar-refractivity contribution in [3.8, 4) is 17.1 Å². The van der Waals surface area contributed by atoms with Gasteiger partial charge in [0.25, 0.3) is 5.91 Å². The normalized spacial score (nSPS) is 10.6. The zero-order valence-electron chi connectivity index (χ0n) is 16.6. The lowest BCUT2D eigenvalue weighted by Crippen LogP contribution is -2.42. The van der Waals surface area contributed by atoms with E-state index < -0.39 is 0 Å². The number of para-hydroxylation sites is 1. The highest BCUT2D eigenvalue weighted by Crippen LogP contribution is 2.28. The molecule has 0 fully saturated rings. The van der Waals surface area contributed by atoms with Crippen LogP contribution in [0.25, 0.3) is 17.1 Å². The highest BCUT2D eigenvalue weighted by Gasteiger charge is 2.17. The Kier molecular flexibility index (Phi) is 6.44. The monoisotopic (exact) mass is 449 g/mol. The van der Waals surface area contributed by atoms with E-state index in [9.17, 15) is 9.59 Å². The molecule has 0 saturated carbocycles. The van der Waals surface area contributed by atoms with E-state index in [1.54, 1.807) is 17.5 Å². The lowest BCUT2D eigenvalue weighted by Gasteiger charge is -2.11. The summed E-state index contributed by atoms with van der Waals surface area (Å²) in [5.74, 6) is 0.0841.